The third-order valence-electron chi connectivity index (χ3n) is 2.64. The van der Waals surface area contributed by atoms with E-state index in [2.05, 4.69) is 24.0 Å². The Kier molecular flexibility index (Phi) is 4.39. The van der Waals surface area contributed by atoms with E-state index in [1.165, 1.54) is 4.90 Å². The van der Waals surface area contributed by atoms with Crippen molar-refractivity contribution in [3.8, 4) is 11.3 Å². The summed E-state index contributed by atoms with van der Waals surface area (Å²) in [6.07, 6.45) is -0.529. The molecule has 0 aliphatic carbocycles. The second-order valence-corrected chi connectivity index (χ2v) is 5.42. The number of hydrogen-bond acceptors (Lipinski definition) is 3. The minimum absolute atomic E-state index is 0.529. The van der Waals surface area contributed by atoms with Crippen molar-refractivity contribution in [1.82, 2.24) is 4.98 Å². The summed E-state index contributed by atoms with van der Waals surface area (Å²) in [4.78, 5) is 5.73. The first-order chi connectivity index (χ1) is 8.70. The minimum Gasteiger partial charge on any atom is -0.387 e. The van der Waals surface area contributed by atoms with Crippen molar-refractivity contribution in [2.45, 2.75) is 24.8 Å². The summed E-state index contributed by atoms with van der Waals surface area (Å²) in [6, 6.07) is 14.1. The van der Waals surface area contributed by atoms with E-state index in [1.807, 2.05) is 42.1 Å². The van der Waals surface area contributed by atoms with Crippen LogP contribution in [0.25, 0.3) is 11.3 Å². The van der Waals surface area contributed by atoms with Gasteiger partial charge in [0.05, 0.1) is 17.5 Å². The lowest BCUT2D eigenvalue weighted by Crippen LogP contribution is -1.96. The summed E-state index contributed by atoms with van der Waals surface area (Å²) < 4.78 is 0. The first kappa shape index (κ1) is 13.1. The molecule has 0 saturated heterocycles. The summed E-state index contributed by atoms with van der Waals surface area (Å²) in [5.41, 5.74) is 2.71. The predicted molar refractivity (Wildman–Crippen MR) is 76.7 cm³/mol. The first-order valence-corrected chi connectivity index (χ1v) is 7.07. The van der Waals surface area contributed by atoms with Crippen LogP contribution in [0.3, 0.4) is 0 Å². The SMILES string of the molecule is CCSc1cccc(-c2cccc(C(C)O)n2)c1. The largest absolute Gasteiger partial charge is 0.387 e. The second kappa shape index (κ2) is 6.03. The van der Waals surface area contributed by atoms with Gasteiger partial charge in [-0.1, -0.05) is 25.1 Å². The molecule has 1 aromatic carbocycles. The molecular formula is C15H17NOS. The number of nitrogens with zero attached hydrogens (tertiary/aromatic N) is 1. The van der Waals surface area contributed by atoms with Crippen LogP contribution in [0.4, 0.5) is 0 Å². The fourth-order valence-corrected chi connectivity index (χ4v) is 2.48. The third kappa shape index (κ3) is 3.12. The van der Waals surface area contributed by atoms with Crippen LogP contribution >= 0.6 is 11.8 Å². The van der Waals surface area contributed by atoms with E-state index in [-0.39, 0.29) is 0 Å². The van der Waals surface area contributed by atoms with Crippen molar-refractivity contribution in [2.24, 2.45) is 0 Å². The van der Waals surface area contributed by atoms with E-state index in [4.69, 9.17) is 0 Å². The van der Waals surface area contributed by atoms with Crippen LogP contribution in [0.2, 0.25) is 0 Å². The molecule has 1 unspecified atom stereocenters. The van der Waals surface area contributed by atoms with Crippen LogP contribution < -0.4 is 0 Å². The zero-order valence-corrected chi connectivity index (χ0v) is 11.4. The van der Waals surface area contributed by atoms with Crippen molar-refractivity contribution < 1.29 is 5.11 Å². The van der Waals surface area contributed by atoms with Crippen LogP contribution in [0.1, 0.15) is 25.6 Å². The summed E-state index contributed by atoms with van der Waals surface area (Å²) in [6.45, 7) is 3.87. The van der Waals surface area contributed by atoms with Gasteiger partial charge in [-0.05, 0) is 36.9 Å². The Bertz CT molecular complexity index is 525. The molecule has 0 saturated carbocycles. The van der Waals surface area contributed by atoms with Crippen molar-refractivity contribution in [3.63, 3.8) is 0 Å². The maximum Gasteiger partial charge on any atom is 0.0932 e. The molecule has 2 aromatic rings. The van der Waals surface area contributed by atoms with Gasteiger partial charge >= 0.3 is 0 Å². The van der Waals surface area contributed by atoms with Gasteiger partial charge in [0.15, 0.2) is 0 Å². The maximum absolute atomic E-state index is 9.57. The van der Waals surface area contributed by atoms with Gasteiger partial charge in [-0.3, -0.25) is 4.98 Å². The lowest BCUT2D eigenvalue weighted by atomic mass is 10.1. The van der Waals surface area contributed by atoms with Gasteiger partial charge in [0.1, 0.15) is 0 Å². The Labute approximate surface area is 112 Å². The van der Waals surface area contributed by atoms with Crippen LogP contribution in [-0.2, 0) is 0 Å². The van der Waals surface area contributed by atoms with Crippen molar-refractivity contribution in [1.29, 1.82) is 0 Å². The molecular weight excluding hydrogens is 242 g/mol. The second-order valence-electron chi connectivity index (χ2n) is 4.08. The van der Waals surface area contributed by atoms with E-state index in [1.54, 1.807) is 6.92 Å². The summed E-state index contributed by atoms with van der Waals surface area (Å²) in [7, 11) is 0. The lowest BCUT2D eigenvalue weighted by molar-refractivity contribution is 0.194. The molecule has 1 heterocycles. The molecule has 1 aromatic heterocycles. The quantitative estimate of drug-likeness (QED) is 0.845. The van der Waals surface area contributed by atoms with E-state index in [0.29, 0.717) is 5.69 Å². The van der Waals surface area contributed by atoms with Crippen LogP contribution in [0.15, 0.2) is 47.4 Å². The van der Waals surface area contributed by atoms with Gasteiger partial charge in [-0.25, -0.2) is 0 Å². The Morgan fingerprint density at radius 3 is 2.72 bits per heavy atom. The number of benzene rings is 1. The number of aliphatic hydroxyl groups is 1. The average molecular weight is 259 g/mol. The van der Waals surface area contributed by atoms with E-state index < -0.39 is 6.10 Å². The molecule has 3 heteroatoms. The topological polar surface area (TPSA) is 33.1 Å². The molecule has 0 aliphatic heterocycles. The smallest absolute Gasteiger partial charge is 0.0932 e. The fraction of sp³-hybridized carbons (Fsp3) is 0.267. The molecule has 1 N–H and O–H groups in total. The summed E-state index contributed by atoms with van der Waals surface area (Å²) in [5.74, 6) is 1.06. The zero-order valence-electron chi connectivity index (χ0n) is 10.6. The molecule has 2 rings (SSSR count). The zero-order chi connectivity index (χ0) is 13.0. The Morgan fingerprint density at radius 2 is 2.00 bits per heavy atom. The number of aromatic nitrogens is 1. The predicted octanol–water partition coefficient (Wildman–Crippen LogP) is 3.91. The van der Waals surface area contributed by atoms with Gasteiger partial charge in [-0.15, -0.1) is 11.8 Å². The fourth-order valence-electron chi connectivity index (χ4n) is 1.76. The van der Waals surface area contributed by atoms with Gasteiger partial charge < -0.3 is 5.11 Å². The van der Waals surface area contributed by atoms with Crippen molar-refractivity contribution in [3.05, 3.63) is 48.2 Å². The number of rotatable bonds is 4. The molecule has 1 atom stereocenters. The van der Waals surface area contributed by atoms with E-state index in [0.717, 1.165) is 17.0 Å². The third-order valence-corrected chi connectivity index (χ3v) is 3.52. The molecule has 0 aliphatic rings. The molecule has 94 valence electrons. The highest BCUT2D eigenvalue weighted by atomic mass is 32.2. The molecule has 0 radical (unpaired) electrons. The molecule has 0 amide bonds. The van der Waals surface area contributed by atoms with Gasteiger partial charge in [-0.2, -0.15) is 0 Å². The summed E-state index contributed by atoms with van der Waals surface area (Å²) in [5, 5.41) is 9.57. The lowest BCUT2D eigenvalue weighted by Gasteiger charge is -2.07. The first-order valence-electron chi connectivity index (χ1n) is 6.09. The van der Waals surface area contributed by atoms with Gasteiger partial charge in [0.2, 0.25) is 0 Å². The monoisotopic (exact) mass is 259 g/mol. The molecule has 0 spiro atoms. The average Bonchev–Trinajstić information content (AvgIpc) is 2.39. The summed E-state index contributed by atoms with van der Waals surface area (Å²) >= 11 is 1.82. The van der Waals surface area contributed by atoms with Crippen LogP contribution in [0.5, 0.6) is 0 Å². The molecule has 0 bridgehead atoms. The standard InChI is InChI=1S/C15H17NOS/c1-3-18-13-7-4-6-12(10-13)15-9-5-8-14(16-15)11(2)17/h4-11,17H,3H2,1-2H3. The highest BCUT2D eigenvalue weighted by Gasteiger charge is 2.05. The Hall–Kier alpha value is -1.32. The van der Waals surface area contributed by atoms with Gasteiger partial charge in [0, 0.05) is 10.5 Å². The maximum atomic E-state index is 9.57. The number of pyridine rings is 1. The molecule has 2 nitrogen and oxygen atoms in total. The normalized spacial score (nSPS) is 12.4. The van der Waals surface area contributed by atoms with Crippen molar-refractivity contribution in [2.75, 3.05) is 5.75 Å². The molecule has 18 heavy (non-hydrogen) atoms. The highest BCUT2D eigenvalue weighted by Crippen LogP contribution is 2.25. The minimum atomic E-state index is -0.529. The van der Waals surface area contributed by atoms with Crippen molar-refractivity contribution >= 4 is 11.8 Å². The van der Waals surface area contributed by atoms with Crippen LogP contribution in [-0.4, -0.2) is 15.8 Å². The Balaban J connectivity index is 2.35. The Morgan fingerprint density at radius 1 is 1.22 bits per heavy atom. The number of aliphatic hydroxyl groups excluding tert-OH is 1. The van der Waals surface area contributed by atoms with Gasteiger partial charge in [0.25, 0.3) is 0 Å². The van der Waals surface area contributed by atoms with E-state index >= 15 is 0 Å². The highest BCUT2D eigenvalue weighted by molar-refractivity contribution is 7.99. The number of hydrogen-bond donors (Lipinski definition) is 1. The number of thioether (sulfide) groups is 1. The van der Waals surface area contributed by atoms with Crippen LogP contribution in [0, 0.1) is 0 Å². The van der Waals surface area contributed by atoms with E-state index in [9.17, 15) is 5.11 Å². The molecule has 0 fully saturated rings.